The molecule has 6 heteroatoms. The molecule has 0 fully saturated rings. The van der Waals surface area contributed by atoms with Crippen LogP contribution in [-0.4, -0.2) is 26.1 Å². The monoisotopic (exact) mass is 329 g/mol. The maximum absolute atomic E-state index is 13.4. The minimum Gasteiger partial charge on any atom is -0.251 e. The summed E-state index contributed by atoms with van der Waals surface area (Å²) in [6, 6.07) is 6.81. The molecule has 0 N–H and O–H groups in total. The third kappa shape index (κ3) is 3.81. The van der Waals surface area contributed by atoms with Crippen molar-refractivity contribution in [3.63, 3.8) is 0 Å². The molecule has 0 radical (unpaired) electrons. The standard InChI is InChI=1S/C12H13BrFN3S/c13-6-5-10-9-17(16-15-10)7-8-18-12-4-2-1-3-11(12)14/h1-4,9H,5-8H2. The first-order valence-corrected chi connectivity index (χ1v) is 7.72. The quantitative estimate of drug-likeness (QED) is 0.602. The highest BCUT2D eigenvalue weighted by molar-refractivity contribution is 9.09. The molecule has 0 aliphatic carbocycles. The van der Waals surface area contributed by atoms with E-state index in [4.69, 9.17) is 0 Å². The number of thioether (sulfide) groups is 1. The van der Waals surface area contributed by atoms with Gasteiger partial charge in [0.25, 0.3) is 0 Å². The van der Waals surface area contributed by atoms with Gasteiger partial charge in [-0.25, -0.2) is 4.39 Å². The molecule has 3 nitrogen and oxygen atoms in total. The molecule has 96 valence electrons. The molecule has 0 unspecified atom stereocenters. The fraction of sp³-hybridized carbons (Fsp3) is 0.333. The van der Waals surface area contributed by atoms with Crippen LogP contribution in [-0.2, 0) is 13.0 Å². The van der Waals surface area contributed by atoms with E-state index in [-0.39, 0.29) is 5.82 Å². The molecular formula is C12H13BrFN3S. The van der Waals surface area contributed by atoms with Crippen molar-refractivity contribution in [1.82, 2.24) is 15.0 Å². The van der Waals surface area contributed by atoms with Crippen LogP contribution in [0.4, 0.5) is 4.39 Å². The van der Waals surface area contributed by atoms with E-state index in [1.807, 2.05) is 12.3 Å². The third-order valence-electron chi connectivity index (χ3n) is 2.35. The predicted octanol–water partition coefficient (Wildman–Crippen LogP) is 3.15. The smallest absolute Gasteiger partial charge is 0.136 e. The SMILES string of the molecule is Fc1ccccc1SCCn1cc(CCBr)nn1. The van der Waals surface area contributed by atoms with E-state index in [1.165, 1.54) is 17.8 Å². The number of hydrogen-bond acceptors (Lipinski definition) is 3. The van der Waals surface area contributed by atoms with E-state index in [1.54, 1.807) is 16.8 Å². The Hall–Kier alpha value is -0.880. The van der Waals surface area contributed by atoms with Crippen LogP contribution in [0.3, 0.4) is 0 Å². The van der Waals surface area contributed by atoms with Gasteiger partial charge in [-0.1, -0.05) is 33.3 Å². The highest BCUT2D eigenvalue weighted by Crippen LogP contribution is 2.21. The summed E-state index contributed by atoms with van der Waals surface area (Å²) in [4.78, 5) is 0.679. The van der Waals surface area contributed by atoms with Crippen LogP contribution in [0.15, 0.2) is 35.4 Å². The van der Waals surface area contributed by atoms with Gasteiger partial charge in [0.15, 0.2) is 0 Å². The van der Waals surface area contributed by atoms with Gasteiger partial charge in [0, 0.05) is 28.6 Å². The fourth-order valence-corrected chi connectivity index (χ4v) is 2.76. The number of alkyl halides is 1. The largest absolute Gasteiger partial charge is 0.251 e. The molecule has 0 atom stereocenters. The molecule has 1 aromatic heterocycles. The Bertz CT molecular complexity index is 504. The van der Waals surface area contributed by atoms with Crippen molar-refractivity contribution in [2.45, 2.75) is 17.9 Å². The average Bonchev–Trinajstić information content (AvgIpc) is 2.80. The lowest BCUT2D eigenvalue weighted by Gasteiger charge is -2.02. The lowest BCUT2D eigenvalue weighted by Crippen LogP contribution is -2.01. The minimum absolute atomic E-state index is 0.166. The summed E-state index contributed by atoms with van der Waals surface area (Å²) in [6.45, 7) is 0.730. The molecule has 0 aliphatic rings. The molecule has 1 aromatic carbocycles. The second-order valence-corrected chi connectivity index (χ2v) is 5.62. The molecular weight excluding hydrogens is 317 g/mol. The maximum atomic E-state index is 13.4. The number of halogens is 2. The van der Waals surface area contributed by atoms with Crippen molar-refractivity contribution in [1.29, 1.82) is 0 Å². The second kappa shape index (κ2) is 6.89. The lowest BCUT2D eigenvalue weighted by atomic mass is 10.3. The molecule has 0 bridgehead atoms. The summed E-state index contributed by atoms with van der Waals surface area (Å²) in [5.41, 5.74) is 0.975. The summed E-state index contributed by atoms with van der Waals surface area (Å²) >= 11 is 4.86. The Balaban J connectivity index is 1.83. The summed E-state index contributed by atoms with van der Waals surface area (Å²) in [5, 5.41) is 8.96. The third-order valence-corrected chi connectivity index (χ3v) is 3.78. The lowest BCUT2D eigenvalue weighted by molar-refractivity contribution is 0.600. The number of nitrogens with zero attached hydrogens (tertiary/aromatic N) is 3. The van der Waals surface area contributed by atoms with Gasteiger partial charge in [-0.05, 0) is 12.1 Å². The van der Waals surface area contributed by atoms with Crippen LogP contribution in [0, 0.1) is 5.82 Å². The van der Waals surface area contributed by atoms with Crippen molar-refractivity contribution >= 4 is 27.7 Å². The fourth-order valence-electron chi connectivity index (χ4n) is 1.47. The van der Waals surface area contributed by atoms with Crippen LogP contribution in [0.5, 0.6) is 0 Å². The first kappa shape index (κ1) is 13.5. The van der Waals surface area contributed by atoms with Gasteiger partial charge in [-0.2, -0.15) is 0 Å². The molecule has 0 amide bonds. The molecule has 2 rings (SSSR count). The van der Waals surface area contributed by atoms with Gasteiger partial charge >= 0.3 is 0 Å². The Morgan fingerprint density at radius 1 is 1.33 bits per heavy atom. The molecule has 0 saturated carbocycles. The topological polar surface area (TPSA) is 30.7 Å². The van der Waals surface area contributed by atoms with E-state index >= 15 is 0 Å². The number of rotatable bonds is 6. The van der Waals surface area contributed by atoms with Gasteiger partial charge in [0.1, 0.15) is 5.82 Å². The van der Waals surface area contributed by atoms with Gasteiger partial charge in [-0.15, -0.1) is 16.9 Å². The van der Waals surface area contributed by atoms with E-state index < -0.39 is 0 Å². The second-order valence-electron chi connectivity index (χ2n) is 3.69. The first-order chi connectivity index (χ1) is 8.79. The van der Waals surface area contributed by atoms with Gasteiger partial charge in [-0.3, -0.25) is 4.68 Å². The molecule has 0 aliphatic heterocycles. The van der Waals surface area contributed by atoms with Crippen LogP contribution < -0.4 is 0 Å². The molecule has 1 heterocycles. The van der Waals surface area contributed by atoms with Gasteiger partial charge < -0.3 is 0 Å². The van der Waals surface area contributed by atoms with E-state index in [0.717, 1.165) is 29.7 Å². The molecule has 0 spiro atoms. The Morgan fingerprint density at radius 3 is 2.94 bits per heavy atom. The van der Waals surface area contributed by atoms with Crippen molar-refractivity contribution < 1.29 is 4.39 Å². The predicted molar refractivity (Wildman–Crippen MR) is 74.6 cm³/mol. The highest BCUT2D eigenvalue weighted by Gasteiger charge is 2.03. The van der Waals surface area contributed by atoms with Crippen molar-refractivity contribution in [3.8, 4) is 0 Å². The minimum atomic E-state index is -0.166. The average molecular weight is 330 g/mol. The summed E-state index contributed by atoms with van der Waals surface area (Å²) < 4.78 is 15.2. The van der Waals surface area contributed by atoms with E-state index in [0.29, 0.717) is 4.90 Å². The number of aromatic nitrogens is 3. The van der Waals surface area contributed by atoms with Crippen molar-refractivity contribution in [2.24, 2.45) is 0 Å². The van der Waals surface area contributed by atoms with Crippen molar-refractivity contribution in [2.75, 3.05) is 11.1 Å². The van der Waals surface area contributed by atoms with Crippen LogP contribution >= 0.6 is 27.7 Å². The zero-order valence-corrected chi connectivity index (χ0v) is 12.1. The summed E-state index contributed by atoms with van der Waals surface area (Å²) in [5.74, 6) is 0.610. The van der Waals surface area contributed by atoms with E-state index in [2.05, 4.69) is 26.2 Å². The zero-order chi connectivity index (χ0) is 12.8. The highest BCUT2D eigenvalue weighted by atomic mass is 79.9. The Morgan fingerprint density at radius 2 is 2.17 bits per heavy atom. The Kier molecular flexibility index (Phi) is 5.19. The van der Waals surface area contributed by atoms with Crippen molar-refractivity contribution in [3.05, 3.63) is 42.0 Å². The van der Waals surface area contributed by atoms with Crippen LogP contribution in [0.1, 0.15) is 5.69 Å². The number of aryl methyl sites for hydroxylation is 2. The van der Waals surface area contributed by atoms with Crippen LogP contribution in [0.25, 0.3) is 0 Å². The molecule has 18 heavy (non-hydrogen) atoms. The molecule has 2 aromatic rings. The van der Waals surface area contributed by atoms with Gasteiger partial charge in [0.2, 0.25) is 0 Å². The van der Waals surface area contributed by atoms with E-state index in [9.17, 15) is 4.39 Å². The summed E-state index contributed by atoms with van der Waals surface area (Å²) in [7, 11) is 0. The molecule has 0 saturated heterocycles. The summed E-state index contributed by atoms with van der Waals surface area (Å²) in [6.07, 6.45) is 2.81. The number of hydrogen-bond donors (Lipinski definition) is 0. The first-order valence-electron chi connectivity index (χ1n) is 5.62. The maximum Gasteiger partial charge on any atom is 0.136 e. The zero-order valence-electron chi connectivity index (χ0n) is 9.72. The Labute approximate surface area is 118 Å². The number of benzene rings is 1. The van der Waals surface area contributed by atoms with Crippen LogP contribution in [0.2, 0.25) is 0 Å². The van der Waals surface area contributed by atoms with Gasteiger partial charge in [0.05, 0.1) is 12.2 Å². The normalized spacial score (nSPS) is 10.8.